The van der Waals surface area contributed by atoms with Crippen LogP contribution in [0.3, 0.4) is 0 Å². The second kappa shape index (κ2) is 8.78. The first kappa shape index (κ1) is 20.4. The number of anilines is 1. The Morgan fingerprint density at radius 2 is 1.93 bits per heavy atom. The molecule has 1 aromatic carbocycles. The third kappa shape index (κ3) is 5.35. The molecule has 1 atom stereocenters. The molecular formula is C22H31FN3O2+. The van der Waals surface area contributed by atoms with Crippen LogP contribution in [0.25, 0.3) is 0 Å². The maximum atomic E-state index is 14.1. The normalized spacial score (nSPS) is 16.8. The third-order valence-corrected chi connectivity index (χ3v) is 5.17. The fourth-order valence-electron chi connectivity index (χ4n) is 3.79. The molecule has 2 N–H and O–H groups in total. The van der Waals surface area contributed by atoms with E-state index in [9.17, 15) is 9.18 Å². The largest absolute Gasteiger partial charge is 0.463 e. The Morgan fingerprint density at radius 3 is 2.54 bits per heavy atom. The lowest BCUT2D eigenvalue weighted by molar-refractivity contribution is -0.932. The van der Waals surface area contributed by atoms with Crippen LogP contribution < -0.4 is 15.1 Å². The molecule has 0 unspecified atom stereocenters. The van der Waals surface area contributed by atoms with Crippen LogP contribution >= 0.6 is 0 Å². The van der Waals surface area contributed by atoms with E-state index >= 15 is 0 Å². The zero-order chi connectivity index (χ0) is 20.1. The van der Waals surface area contributed by atoms with Crippen LogP contribution in [0.5, 0.6) is 0 Å². The zero-order valence-electron chi connectivity index (χ0n) is 17.0. The van der Waals surface area contributed by atoms with Crippen molar-refractivity contribution in [2.24, 2.45) is 5.41 Å². The highest BCUT2D eigenvalue weighted by molar-refractivity contribution is 5.76. The Hall–Kier alpha value is -2.34. The summed E-state index contributed by atoms with van der Waals surface area (Å²) in [7, 11) is 0. The smallest absolute Gasteiger partial charge is 0.220 e. The molecule has 3 rings (SSSR count). The summed E-state index contributed by atoms with van der Waals surface area (Å²) in [6.45, 7) is 9.96. The third-order valence-electron chi connectivity index (χ3n) is 5.17. The Labute approximate surface area is 166 Å². The highest BCUT2D eigenvalue weighted by Gasteiger charge is 2.31. The van der Waals surface area contributed by atoms with E-state index in [1.54, 1.807) is 12.3 Å². The van der Waals surface area contributed by atoms with Crippen molar-refractivity contribution in [1.82, 2.24) is 5.32 Å². The highest BCUT2D eigenvalue weighted by atomic mass is 19.1. The molecule has 0 aliphatic carbocycles. The van der Waals surface area contributed by atoms with E-state index in [4.69, 9.17) is 4.42 Å². The van der Waals surface area contributed by atoms with E-state index in [1.807, 2.05) is 24.3 Å². The minimum Gasteiger partial charge on any atom is -0.463 e. The first-order chi connectivity index (χ1) is 13.3. The van der Waals surface area contributed by atoms with Gasteiger partial charge in [0.1, 0.15) is 5.82 Å². The average molecular weight is 389 g/mol. The topological polar surface area (TPSA) is 49.9 Å². The number of amides is 1. The van der Waals surface area contributed by atoms with Crippen LogP contribution in [0.2, 0.25) is 0 Å². The molecule has 1 aliphatic heterocycles. The van der Waals surface area contributed by atoms with Gasteiger partial charge in [0.2, 0.25) is 5.91 Å². The fraction of sp³-hybridized carbons (Fsp3) is 0.500. The number of halogens is 1. The van der Waals surface area contributed by atoms with E-state index in [1.165, 1.54) is 11.0 Å². The van der Waals surface area contributed by atoms with Gasteiger partial charge in [-0.25, -0.2) is 4.39 Å². The van der Waals surface area contributed by atoms with Crippen molar-refractivity contribution in [3.8, 4) is 0 Å². The van der Waals surface area contributed by atoms with Crippen molar-refractivity contribution < 1.29 is 18.5 Å². The van der Waals surface area contributed by atoms with Crippen molar-refractivity contribution in [3.05, 3.63) is 54.2 Å². The zero-order valence-corrected chi connectivity index (χ0v) is 17.0. The van der Waals surface area contributed by atoms with Crippen LogP contribution in [-0.4, -0.2) is 38.6 Å². The van der Waals surface area contributed by atoms with Gasteiger partial charge in [0.15, 0.2) is 11.8 Å². The molecule has 1 aliphatic rings. The number of hydrogen-bond acceptors (Lipinski definition) is 3. The van der Waals surface area contributed by atoms with Crippen LogP contribution in [0, 0.1) is 11.2 Å². The minimum atomic E-state index is -0.178. The molecule has 1 aromatic heterocycles. The lowest BCUT2D eigenvalue weighted by Crippen LogP contribution is -3.15. The Bertz CT molecular complexity index is 762. The molecule has 0 spiro atoms. The van der Waals surface area contributed by atoms with E-state index in [2.05, 4.69) is 31.0 Å². The molecule has 0 radical (unpaired) electrons. The maximum absolute atomic E-state index is 14.1. The number of carbonyl (C=O) groups is 1. The van der Waals surface area contributed by atoms with Gasteiger partial charge in [0.25, 0.3) is 0 Å². The molecule has 1 amide bonds. The Balaban J connectivity index is 1.62. The van der Waals surface area contributed by atoms with Crippen LogP contribution in [0.15, 0.2) is 47.1 Å². The van der Waals surface area contributed by atoms with E-state index in [0.717, 1.165) is 31.9 Å². The number of para-hydroxylation sites is 1. The van der Waals surface area contributed by atoms with Gasteiger partial charge in [-0.2, -0.15) is 0 Å². The van der Waals surface area contributed by atoms with Gasteiger partial charge in [-0.1, -0.05) is 32.9 Å². The van der Waals surface area contributed by atoms with Gasteiger partial charge in [0.05, 0.1) is 44.7 Å². The molecule has 2 heterocycles. The van der Waals surface area contributed by atoms with Gasteiger partial charge < -0.3 is 19.5 Å². The van der Waals surface area contributed by atoms with Gasteiger partial charge in [-0.05, 0) is 29.7 Å². The lowest BCUT2D eigenvalue weighted by Gasteiger charge is -2.37. The Morgan fingerprint density at radius 1 is 1.21 bits per heavy atom. The number of hydrogen-bond donors (Lipinski definition) is 2. The maximum Gasteiger partial charge on any atom is 0.220 e. The minimum absolute atomic E-state index is 0.0392. The van der Waals surface area contributed by atoms with Crippen molar-refractivity contribution >= 4 is 11.6 Å². The summed E-state index contributed by atoms with van der Waals surface area (Å²) < 4.78 is 19.8. The number of carbonyl (C=O) groups excluding carboxylic acids is 1. The van der Waals surface area contributed by atoms with Gasteiger partial charge >= 0.3 is 0 Å². The number of nitrogens with one attached hydrogen (secondary N) is 2. The van der Waals surface area contributed by atoms with Gasteiger partial charge in [-0.15, -0.1) is 0 Å². The second-order valence-corrected chi connectivity index (χ2v) is 8.71. The molecule has 0 bridgehead atoms. The van der Waals surface area contributed by atoms with Crippen molar-refractivity contribution in [2.75, 3.05) is 37.6 Å². The standard InChI is InChI=1S/C22H30FN3O2/c1-22(2,3)15-21(27)24-16-19(20-9-6-14-28-20)26-12-10-25(11-13-26)18-8-5-4-7-17(18)23/h4-9,14,19H,10-13,15-16H2,1-3H3,(H,24,27)/p+1/t19-/m0/s1. The second-order valence-electron chi connectivity index (χ2n) is 8.71. The van der Waals surface area contributed by atoms with Crippen LogP contribution in [0.4, 0.5) is 10.1 Å². The summed E-state index contributed by atoms with van der Waals surface area (Å²) >= 11 is 0. The molecule has 1 saturated heterocycles. The van der Waals surface area contributed by atoms with Gasteiger partial charge in [-0.3, -0.25) is 4.79 Å². The number of nitrogens with zero attached hydrogens (tertiary/aromatic N) is 1. The van der Waals surface area contributed by atoms with Crippen LogP contribution in [0.1, 0.15) is 39.0 Å². The first-order valence-corrected chi connectivity index (χ1v) is 9.98. The number of rotatable bonds is 6. The summed E-state index contributed by atoms with van der Waals surface area (Å²) in [6, 6.07) is 10.8. The van der Waals surface area contributed by atoms with Crippen LogP contribution in [-0.2, 0) is 4.79 Å². The summed E-state index contributed by atoms with van der Waals surface area (Å²) in [4.78, 5) is 15.7. The molecule has 2 aromatic rings. The number of piperazine rings is 1. The fourth-order valence-corrected chi connectivity index (χ4v) is 3.79. The SMILES string of the molecule is CC(C)(C)CC(=O)NC[C@@H](c1ccco1)[NH+]1CCN(c2ccccc2F)CC1. The molecule has 6 heteroatoms. The molecule has 5 nitrogen and oxygen atoms in total. The number of quaternary nitrogens is 1. The monoisotopic (exact) mass is 388 g/mol. The van der Waals surface area contributed by atoms with Gasteiger partial charge in [0, 0.05) is 6.42 Å². The molecule has 1 fully saturated rings. The van der Waals surface area contributed by atoms with E-state index in [-0.39, 0.29) is 23.2 Å². The predicted molar refractivity (Wildman–Crippen MR) is 108 cm³/mol. The predicted octanol–water partition coefficient (Wildman–Crippen LogP) is 2.42. The van der Waals surface area contributed by atoms with Crippen molar-refractivity contribution in [1.29, 1.82) is 0 Å². The van der Waals surface area contributed by atoms with Crippen molar-refractivity contribution in [2.45, 2.75) is 33.2 Å². The lowest BCUT2D eigenvalue weighted by atomic mass is 9.92. The molecule has 28 heavy (non-hydrogen) atoms. The number of furan rings is 1. The average Bonchev–Trinajstić information content (AvgIpc) is 3.16. The summed E-state index contributed by atoms with van der Waals surface area (Å²) in [6.07, 6.45) is 2.17. The van der Waals surface area contributed by atoms with E-state index in [0.29, 0.717) is 18.7 Å². The van der Waals surface area contributed by atoms with Crippen molar-refractivity contribution in [3.63, 3.8) is 0 Å². The highest BCUT2D eigenvalue weighted by Crippen LogP contribution is 2.20. The summed E-state index contributed by atoms with van der Waals surface area (Å²) in [5.41, 5.74) is 0.622. The quantitative estimate of drug-likeness (QED) is 0.799. The van der Waals surface area contributed by atoms with E-state index < -0.39 is 0 Å². The number of benzene rings is 1. The first-order valence-electron chi connectivity index (χ1n) is 9.98. The molecule has 152 valence electrons. The summed E-state index contributed by atoms with van der Waals surface area (Å²) in [5.74, 6) is 0.766. The molecule has 0 saturated carbocycles. The molecular weight excluding hydrogens is 357 g/mol. The Kier molecular flexibility index (Phi) is 6.39. The summed E-state index contributed by atoms with van der Waals surface area (Å²) in [5, 5.41) is 3.08.